The summed E-state index contributed by atoms with van der Waals surface area (Å²) >= 11 is 0. The molecule has 0 spiro atoms. The molecule has 2 aromatic carbocycles. The van der Waals surface area contributed by atoms with E-state index < -0.39 is 0 Å². The fraction of sp³-hybridized carbons (Fsp3) is 0.417. The highest BCUT2D eigenvalue weighted by molar-refractivity contribution is 6.09. The summed E-state index contributed by atoms with van der Waals surface area (Å²) in [5, 5.41) is 2.89. The molecule has 1 N–H and O–H groups in total. The molecule has 0 unspecified atom stereocenters. The molecule has 164 valence electrons. The van der Waals surface area contributed by atoms with Crippen LogP contribution in [0.2, 0.25) is 0 Å². The monoisotopic (exact) mass is 423 g/mol. The third-order valence-corrected chi connectivity index (χ3v) is 5.77. The predicted molar refractivity (Wildman–Crippen MR) is 119 cm³/mol. The van der Waals surface area contributed by atoms with Crippen molar-refractivity contribution < 1.29 is 19.1 Å². The Bertz CT molecular complexity index is 901. The number of anilines is 1. The van der Waals surface area contributed by atoms with E-state index in [2.05, 4.69) is 17.3 Å². The van der Waals surface area contributed by atoms with Crippen LogP contribution in [-0.4, -0.2) is 74.2 Å². The highest BCUT2D eigenvalue weighted by Crippen LogP contribution is 2.21. The first-order chi connectivity index (χ1) is 15.1. The Hall–Kier alpha value is -2.90. The molecule has 2 heterocycles. The van der Waals surface area contributed by atoms with Crippen LogP contribution in [-0.2, 0) is 4.74 Å². The first-order valence-electron chi connectivity index (χ1n) is 10.8. The number of carbonyl (C=O) groups excluding carboxylic acids is 2. The topological polar surface area (TPSA) is 71.1 Å². The lowest BCUT2D eigenvalue weighted by Gasteiger charge is -2.32. The molecule has 2 aliphatic heterocycles. The Labute approximate surface area is 182 Å². The van der Waals surface area contributed by atoms with Gasteiger partial charge in [0.05, 0.1) is 17.4 Å². The number of amides is 2. The molecule has 0 saturated carbocycles. The van der Waals surface area contributed by atoms with Crippen molar-refractivity contribution in [1.82, 2.24) is 9.80 Å². The number of para-hydroxylation sites is 1. The number of ether oxygens (including phenoxy) is 2. The zero-order valence-electron chi connectivity index (χ0n) is 17.9. The first-order valence-corrected chi connectivity index (χ1v) is 10.8. The first kappa shape index (κ1) is 21.3. The van der Waals surface area contributed by atoms with Gasteiger partial charge in [0.25, 0.3) is 11.8 Å². The van der Waals surface area contributed by atoms with Crippen molar-refractivity contribution in [2.24, 2.45) is 0 Å². The van der Waals surface area contributed by atoms with Crippen LogP contribution in [0.1, 0.15) is 33.6 Å². The number of likely N-dealkylation sites (N-methyl/N-ethyl adjacent to an activating group) is 1. The summed E-state index contributed by atoms with van der Waals surface area (Å²) in [5.74, 6) is 0.392. The standard InChI is InChI=1S/C24H29N3O4/c1-26-12-14-27(15-13-26)24(29)21-6-2-3-7-22(21)25-23(28)18-8-10-19(11-9-18)31-17-20-5-4-16-30-20/h2-3,6-11,20H,4-5,12-17H2,1H3,(H,25,28)/t20-/m0/s1. The molecule has 0 bridgehead atoms. The Morgan fingerprint density at radius 1 is 1.06 bits per heavy atom. The van der Waals surface area contributed by atoms with Gasteiger partial charge in [-0.25, -0.2) is 0 Å². The van der Waals surface area contributed by atoms with Gasteiger partial charge in [-0.1, -0.05) is 12.1 Å². The average Bonchev–Trinajstić information content (AvgIpc) is 3.32. The molecule has 2 amide bonds. The van der Waals surface area contributed by atoms with Crippen LogP contribution < -0.4 is 10.1 Å². The molecule has 2 aromatic rings. The number of hydrogen-bond acceptors (Lipinski definition) is 5. The highest BCUT2D eigenvalue weighted by Gasteiger charge is 2.23. The number of carbonyl (C=O) groups is 2. The van der Waals surface area contributed by atoms with Crippen LogP contribution in [0.15, 0.2) is 48.5 Å². The van der Waals surface area contributed by atoms with Crippen LogP contribution in [0.4, 0.5) is 5.69 Å². The van der Waals surface area contributed by atoms with Crippen molar-refractivity contribution >= 4 is 17.5 Å². The largest absolute Gasteiger partial charge is 0.491 e. The quantitative estimate of drug-likeness (QED) is 0.774. The number of nitrogens with one attached hydrogen (secondary N) is 1. The van der Waals surface area contributed by atoms with E-state index in [9.17, 15) is 9.59 Å². The number of rotatable bonds is 6. The van der Waals surface area contributed by atoms with Gasteiger partial charge < -0.3 is 24.6 Å². The van der Waals surface area contributed by atoms with Crippen LogP contribution in [0.5, 0.6) is 5.75 Å². The second kappa shape index (κ2) is 9.94. The SMILES string of the molecule is CN1CCN(C(=O)c2ccccc2NC(=O)c2ccc(OC[C@@H]3CCCO3)cc2)CC1. The van der Waals surface area contributed by atoms with Gasteiger partial charge in [0.15, 0.2) is 0 Å². The summed E-state index contributed by atoms with van der Waals surface area (Å²) in [6, 6.07) is 14.2. The van der Waals surface area contributed by atoms with Crippen LogP contribution in [0.3, 0.4) is 0 Å². The summed E-state index contributed by atoms with van der Waals surface area (Å²) in [6.07, 6.45) is 2.25. The number of nitrogens with zero attached hydrogens (tertiary/aromatic N) is 2. The summed E-state index contributed by atoms with van der Waals surface area (Å²) < 4.78 is 11.3. The molecular formula is C24H29N3O4. The normalized spacial score (nSPS) is 19.3. The van der Waals surface area contributed by atoms with E-state index >= 15 is 0 Å². The predicted octanol–water partition coefficient (Wildman–Crippen LogP) is 2.88. The summed E-state index contributed by atoms with van der Waals surface area (Å²) in [6.45, 7) is 4.39. The van der Waals surface area contributed by atoms with Gasteiger partial charge in [-0.15, -0.1) is 0 Å². The van der Waals surface area contributed by atoms with Gasteiger partial charge in [-0.3, -0.25) is 9.59 Å². The molecule has 0 aromatic heterocycles. The molecule has 2 fully saturated rings. The summed E-state index contributed by atoms with van der Waals surface area (Å²) in [5.41, 5.74) is 1.54. The van der Waals surface area contributed by atoms with Crippen molar-refractivity contribution in [1.29, 1.82) is 0 Å². The van der Waals surface area contributed by atoms with E-state index in [0.29, 0.717) is 42.3 Å². The Balaban J connectivity index is 1.38. The maximum absolute atomic E-state index is 13.0. The van der Waals surface area contributed by atoms with Crippen molar-refractivity contribution in [3.05, 3.63) is 59.7 Å². The van der Waals surface area contributed by atoms with Crippen LogP contribution in [0, 0.1) is 0 Å². The van der Waals surface area contributed by atoms with Gasteiger partial charge in [0.1, 0.15) is 12.4 Å². The van der Waals surface area contributed by atoms with Gasteiger partial charge in [0, 0.05) is 38.3 Å². The number of benzene rings is 2. The van der Waals surface area contributed by atoms with Crippen molar-refractivity contribution in [2.45, 2.75) is 18.9 Å². The van der Waals surface area contributed by atoms with Gasteiger partial charge in [-0.2, -0.15) is 0 Å². The third-order valence-electron chi connectivity index (χ3n) is 5.77. The van der Waals surface area contributed by atoms with Gasteiger partial charge in [0.2, 0.25) is 0 Å². The summed E-state index contributed by atoms with van der Waals surface area (Å²) in [7, 11) is 2.05. The lowest BCUT2D eigenvalue weighted by molar-refractivity contribution is 0.0665. The van der Waals surface area contributed by atoms with E-state index in [-0.39, 0.29) is 17.9 Å². The fourth-order valence-electron chi connectivity index (χ4n) is 3.82. The zero-order chi connectivity index (χ0) is 21.6. The minimum Gasteiger partial charge on any atom is -0.491 e. The van der Waals surface area contributed by atoms with Gasteiger partial charge >= 0.3 is 0 Å². The molecule has 7 heteroatoms. The molecule has 4 rings (SSSR count). The minimum absolute atomic E-state index is 0.0538. The highest BCUT2D eigenvalue weighted by atomic mass is 16.5. The van der Waals surface area contributed by atoms with E-state index in [1.165, 1.54) is 0 Å². The van der Waals surface area contributed by atoms with E-state index in [0.717, 1.165) is 32.5 Å². The Morgan fingerprint density at radius 3 is 2.52 bits per heavy atom. The number of hydrogen-bond donors (Lipinski definition) is 1. The fourth-order valence-corrected chi connectivity index (χ4v) is 3.82. The molecule has 2 aliphatic rings. The summed E-state index contributed by atoms with van der Waals surface area (Å²) in [4.78, 5) is 29.8. The van der Waals surface area contributed by atoms with E-state index in [1.54, 1.807) is 36.4 Å². The molecule has 2 saturated heterocycles. The molecule has 31 heavy (non-hydrogen) atoms. The Kier molecular flexibility index (Phi) is 6.84. The second-order valence-corrected chi connectivity index (χ2v) is 8.07. The van der Waals surface area contributed by atoms with Crippen LogP contribution in [0.25, 0.3) is 0 Å². The zero-order valence-corrected chi connectivity index (χ0v) is 17.9. The average molecular weight is 424 g/mol. The van der Waals surface area contributed by atoms with Crippen molar-refractivity contribution in [3.63, 3.8) is 0 Å². The molecule has 1 atom stereocenters. The molecule has 7 nitrogen and oxygen atoms in total. The third kappa shape index (κ3) is 5.42. The van der Waals surface area contributed by atoms with E-state index in [4.69, 9.17) is 9.47 Å². The van der Waals surface area contributed by atoms with Gasteiger partial charge in [-0.05, 0) is 56.3 Å². The smallest absolute Gasteiger partial charge is 0.256 e. The molecule has 0 aliphatic carbocycles. The van der Waals surface area contributed by atoms with Crippen LogP contribution >= 0.6 is 0 Å². The second-order valence-electron chi connectivity index (χ2n) is 8.07. The Morgan fingerprint density at radius 2 is 1.81 bits per heavy atom. The molecular weight excluding hydrogens is 394 g/mol. The maximum atomic E-state index is 13.0. The number of piperazine rings is 1. The van der Waals surface area contributed by atoms with Crippen molar-refractivity contribution in [3.8, 4) is 5.75 Å². The van der Waals surface area contributed by atoms with Crippen molar-refractivity contribution in [2.75, 3.05) is 51.8 Å². The van der Waals surface area contributed by atoms with E-state index in [1.807, 2.05) is 17.0 Å². The lowest BCUT2D eigenvalue weighted by Crippen LogP contribution is -2.47. The molecule has 0 radical (unpaired) electrons. The minimum atomic E-state index is -0.260. The maximum Gasteiger partial charge on any atom is 0.256 e. The lowest BCUT2D eigenvalue weighted by atomic mass is 10.1.